The van der Waals surface area contributed by atoms with Gasteiger partial charge in [-0.3, -0.25) is 9.69 Å². The molecule has 1 amide bonds. The molecule has 4 atom stereocenters. The van der Waals surface area contributed by atoms with Gasteiger partial charge in [0.15, 0.2) is 5.78 Å². The minimum Gasteiger partial charge on any atom is -0.465 e. The number of carbonyl (C=O) groups excluding carboxylic acids is 1. The first kappa shape index (κ1) is 18.2. The second-order valence-electron chi connectivity index (χ2n) is 7.83. The maximum atomic E-state index is 13.5. The molecule has 1 N–H and O–H groups in total. The summed E-state index contributed by atoms with van der Waals surface area (Å²) in [6, 6.07) is 14.7. The standard InChI is InChI=1S/C22H19F2NO4/c23-21(24)16-10-25(22(27)28)18-19(26)17(29-20(16)18)9-15-13-7-3-1-5-11(13)12-6-2-4-8-14(12)15/h1-8,15-18,20-21H,9-10H2,(H,27,28)/t16-,17?,18-,20-/m1/s1. The van der Waals surface area contributed by atoms with Gasteiger partial charge in [0.1, 0.15) is 12.1 Å². The van der Waals surface area contributed by atoms with Crippen LogP contribution in [0.2, 0.25) is 0 Å². The van der Waals surface area contributed by atoms with Crippen LogP contribution in [-0.2, 0) is 9.53 Å². The number of hydrogen-bond donors (Lipinski definition) is 1. The summed E-state index contributed by atoms with van der Waals surface area (Å²) in [6.07, 6.45) is -5.79. The molecule has 0 bridgehead atoms. The average molecular weight is 399 g/mol. The molecule has 5 nitrogen and oxygen atoms in total. The van der Waals surface area contributed by atoms with Gasteiger partial charge in [0, 0.05) is 12.5 Å². The van der Waals surface area contributed by atoms with E-state index in [2.05, 4.69) is 0 Å². The summed E-state index contributed by atoms with van der Waals surface area (Å²) >= 11 is 0. The van der Waals surface area contributed by atoms with Gasteiger partial charge in [-0.2, -0.15) is 0 Å². The molecule has 3 aliphatic rings. The Bertz CT molecular complexity index is 949. The number of nitrogens with zero attached hydrogens (tertiary/aromatic N) is 1. The van der Waals surface area contributed by atoms with Gasteiger partial charge in [0.05, 0.1) is 12.0 Å². The summed E-state index contributed by atoms with van der Waals surface area (Å²) in [7, 11) is 0. The summed E-state index contributed by atoms with van der Waals surface area (Å²) in [4.78, 5) is 25.3. The van der Waals surface area contributed by atoms with E-state index in [0.29, 0.717) is 6.42 Å². The van der Waals surface area contributed by atoms with Crippen LogP contribution in [-0.4, -0.2) is 53.1 Å². The number of Topliss-reactive ketones (excluding diaryl/α,β-unsaturated/α-hetero) is 1. The minimum absolute atomic E-state index is 0.0987. The van der Waals surface area contributed by atoms with Crippen LogP contribution in [0, 0.1) is 5.92 Å². The Morgan fingerprint density at radius 3 is 2.24 bits per heavy atom. The highest BCUT2D eigenvalue weighted by molar-refractivity contribution is 5.94. The molecule has 2 aliphatic heterocycles. The third-order valence-corrected chi connectivity index (χ3v) is 6.39. The minimum atomic E-state index is -2.74. The third kappa shape index (κ3) is 2.68. The molecule has 7 heteroatoms. The monoisotopic (exact) mass is 399 g/mol. The Morgan fingerprint density at radius 1 is 1.10 bits per heavy atom. The fourth-order valence-electron chi connectivity index (χ4n) is 5.11. The lowest BCUT2D eigenvalue weighted by atomic mass is 9.89. The number of halogens is 2. The van der Waals surface area contributed by atoms with Crippen molar-refractivity contribution in [1.29, 1.82) is 0 Å². The second-order valence-corrected chi connectivity index (χ2v) is 7.83. The van der Waals surface area contributed by atoms with Gasteiger partial charge in [0.2, 0.25) is 6.43 Å². The number of benzene rings is 2. The maximum absolute atomic E-state index is 13.5. The number of amides is 1. The largest absolute Gasteiger partial charge is 0.465 e. The Labute approximate surface area is 165 Å². The van der Waals surface area contributed by atoms with Crippen LogP contribution >= 0.6 is 0 Å². The topological polar surface area (TPSA) is 66.8 Å². The Morgan fingerprint density at radius 2 is 1.69 bits per heavy atom. The van der Waals surface area contributed by atoms with Gasteiger partial charge < -0.3 is 9.84 Å². The zero-order valence-electron chi connectivity index (χ0n) is 15.4. The van der Waals surface area contributed by atoms with E-state index in [1.54, 1.807) is 0 Å². The highest BCUT2D eigenvalue weighted by atomic mass is 19.3. The van der Waals surface area contributed by atoms with Crippen LogP contribution in [0.1, 0.15) is 23.5 Å². The number of ether oxygens (including phenoxy) is 1. The van der Waals surface area contributed by atoms with Crippen LogP contribution < -0.4 is 0 Å². The van der Waals surface area contributed by atoms with Gasteiger partial charge in [0.25, 0.3) is 0 Å². The molecule has 0 radical (unpaired) electrons. The first-order valence-electron chi connectivity index (χ1n) is 9.62. The summed E-state index contributed by atoms with van der Waals surface area (Å²) in [5.41, 5.74) is 4.33. The Balaban J connectivity index is 1.46. The van der Waals surface area contributed by atoms with Crippen molar-refractivity contribution < 1.29 is 28.2 Å². The predicted octanol–water partition coefficient (Wildman–Crippen LogP) is 3.77. The highest BCUT2D eigenvalue weighted by Gasteiger charge is 2.58. The van der Waals surface area contributed by atoms with Crippen molar-refractivity contribution in [2.75, 3.05) is 6.54 Å². The van der Waals surface area contributed by atoms with E-state index in [-0.39, 0.29) is 12.5 Å². The van der Waals surface area contributed by atoms with E-state index in [1.165, 1.54) is 0 Å². The van der Waals surface area contributed by atoms with E-state index >= 15 is 0 Å². The number of likely N-dealkylation sites (tertiary alicyclic amines) is 1. The quantitative estimate of drug-likeness (QED) is 0.853. The van der Waals surface area contributed by atoms with E-state index in [9.17, 15) is 23.5 Å². The van der Waals surface area contributed by atoms with Gasteiger partial charge in [-0.05, 0) is 28.7 Å². The molecule has 2 aromatic rings. The number of carboxylic acid groups (broad SMARTS) is 1. The van der Waals surface area contributed by atoms with Crippen LogP contribution in [0.25, 0.3) is 11.1 Å². The summed E-state index contributed by atoms with van der Waals surface area (Å²) in [6.45, 7) is -0.379. The zero-order valence-corrected chi connectivity index (χ0v) is 15.4. The number of ketones is 1. The van der Waals surface area contributed by atoms with Crippen molar-refractivity contribution in [1.82, 2.24) is 4.90 Å². The molecule has 2 aromatic carbocycles. The molecule has 150 valence electrons. The van der Waals surface area contributed by atoms with Gasteiger partial charge in [-0.15, -0.1) is 0 Å². The third-order valence-electron chi connectivity index (χ3n) is 6.39. The first-order chi connectivity index (χ1) is 14.0. The number of carbonyl (C=O) groups is 2. The van der Waals surface area contributed by atoms with Crippen molar-refractivity contribution in [2.24, 2.45) is 5.92 Å². The van der Waals surface area contributed by atoms with Crippen LogP contribution in [0.15, 0.2) is 48.5 Å². The van der Waals surface area contributed by atoms with Crippen molar-refractivity contribution in [3.05, 3.63) is 59.7 Å². The molecule has 0 saturated carbocycles. The fourth-order valence-corrected chi connectivity index (χ4v) is 5.11. The van der Waals surface area contributed by atoms with Crippen molar-refractivity contribution in [2.45, 2.75) is 37.0 Å². The number of rotatable bonds is 3. The SMILES string of the molecule is O=C1C(CC2c3ccccc3-c3ccccc32)O[C@H]2[C@@H]1N(C(=O)O)C[C@H]2C(F)F. The van der Waals surface area contributed by atoms with Gasteiger partial charge >= 0.3 is 6.09 Å². The second kappa shape index (κ2) is 6.62. The zero-order chi connectivity index (χ0) is 20.3. The van der Waals surface area contributed by atoms with E-state index in [0.717, 1.165) is 27.2 Å². The normalized spacial score (nSPS) is 28.0. The van der Waals surface area contributed by atoms with Gasteiger partial charge in [-0.25, -0.2) is 13.6 Å². The molecule has 0 aromatic heterocycles. The van der Waals surface area contributed by atoms with Crippen molar-refractivity contribution in [3.8, 4) is 11.1 Å². The van der Waals surface area contributed by atoms with E-state index in [4.69, 9.17) is 4.74 Å². The number of alkyl halides is 2. The van der Waals surface area contributed by atoms with E-state index < -0.39 is 42.5 Å². The molecular weight excluding hydrogens is 380 g/mol. The predicted molar refractivity (Wildman–Crippen MR) is 100 cm³/mol. The van der Waals surface area contributed by atoms with Crippen LogP contribution in [0.4, 0.5) is 13.6 Å². The smallest absolute Gasteiger partial charge is 0.408 e. The highest BCUT2D eigenvalue weighted by Crippen LogP contribution is 2.48. The molecule has 2 heterocycles. The Hall–Kier alpha value is -2.80. The van der Waals surface area contributed by atoms with Crippen LogP contribution in [0.5, 0.6) is 0 Å². The first-order valence-corrected chi connectivity index (χ1v) is 9.62. The van der Waals surface area contributed by atoms with E-state index in [1.807, 2.05) is 48.5 Å². The number of hydrogen-bond acceptors (Lipinski definition) is 3. The lowest BCUT2D eigenvalue weighted by Crippen LogP contribution is -2.42. The molecular formula is C22H19F2NO4. The molecule has 29 heavy (non-hydrogen) atoms. The number of fused-ring (bicyclic) bond motifs is 4. The molecule has 2 saturated heterocycles. The summed E-state index contributed by atoms with van der Waals surface area (Å²) in [5.74, 6) is -1.80. The van der Waals surface area contributed by atoms with Crippen molar-refractivity contribution in [3.63, 3.8) is 0 Å². The summed E-state index contributed by atoms with van der Waals surface area (Å²) in [5, 5.41) is 9.38. The molecule has 1 unspecified atom stereocenters. The molecule has 1 aliphatic carbocycles. The fraction of sp³-hybridized carbons (Fsp3) is 0.364. The molecule has 2 fully saturated rings. The summed E-state index contributed by atoms with van der Waals surface area (Å²) < 4.78 is 32.7. The average Bonchev–Trinajstić information content (AvgIpc) is 3.34. The lowest BCUT2D eigenvalue weighted by molar-refractivity contribution is -0.126. The van der Waals surface area contributed by atoms with Gasteiger partial charge in [-0.1, -0.05) is 48.5 Å². The maximum Gasteiger partial charge on any atom is 0.408 e. The van der Waals surface area contributed by atoms with Crippen LogP contribution in [0.3, 0.4) is 0 Å². The molecule has 0 spiro atoms. The lowest BCUT2D eigenvalue weighted by Gasteiger charge is -2.21. The Kier molecular flexibility index (Phi) is 4.17. The molecule has 5 rings (SSSR count). The van der Waals surface area contributed by atoms with Crippen molar-refractivity contribution >= 4 is 11.9 Å².